The monoisotopic (exact) mass is 367 g/mol. The van der Waals surface area contributed by atoms with Gasteiger partial charge in [-0.25, -0.2) is 0 Å². The average Bonchev–Trinajstić information content (AvgIpc) is 3.01. The van der Waals surface area contributed by atoms with Crippen LogP contribution in [-0.2, 0) is 9.53 Å². The van der Waals surface area contributed by atoms with E-state index in [0.717, 1.165) is 5.56 Å². The molecule has 2 heterocycles. The Morgan fingerprint density at radius 1 is 1.25 bits per heavy atom. The molecular weight excluding hydrogens is 350 g/mol. The fourth-order valence-corrected chi connectivity index (χ4v) is 3.37. The first-order valence-electron chi connectivity index (χ1n) is 7.66. The Morgan fingerprint density at radius 2 is 1.92 bits per heavy atom. The van der Waals surface area contributed by atoms with Crippen molar-refractivity contribution in [1.82, 2.24) is 15.1 Å². The predicted octanol–water partition coefficient (Wildman–Crippen LogP) is 3.12. The van der Waals surface area contributed by atoms with Crippen LogP contribution in [0.2, 0.25) is 5.02 Å². The normalized spacial score (nSPS) is 21.0. The summed E-state index contributed by atoms with van der Waals surface area (Å²) in [6, 6.07) is 7.15. The van der Waals surface area contributed by atoms with Gasteiger partial charge in [0.1, 0.15) is 0 Å². The van der Waals surface area contributed by atoms with E-state index in [1.807, 2.05) is 30.9 Å². The summed E-state index contributed by atoms with van der Waals surface area (Å²) >= 11 is 7.11. The number of amides is 1. The van der Waals surface area contributed by atoms with Gasteiger partial charge in [0.15, 0.2) is 0 Å². The summed E-state index contributed by atoms with van der Waals surface area (Å²) in [7, 11) is 0. The molecule has 1 saturated heterocycles. The van der Waals surface area contributed by atoms with Crippen molar-refractivity contribution in [3.05, 3.63) is 29.3 Å². The molecule has 6 nitrogen and oxygen atoms in total. The van der Waals surface area contributed by atoms with Crippen molar-refractivity contribution >= 4 is 29.3 Å². The summed E-state index contributed by atoms with van der Waals surface area (Å²) in [5.74, 6) is 0.727. The molecule has 24 heavy (non-hydrogen) atoms. The maximum Gasteiger partial charge on any atom is 0.277 e. The van der Waals surface area contributed by atoms with Gasteiger partial charge in [0.05, 0.1) is 18.0 Å². The Bertz CT molecular complexity index is 697. The molecule has 1 aliphatic rings. The number of hydrogen-bond acceptors (Lipinski definition) is 6. The molecule has 128 valence electrons. The molecule has 0 bridgehead atoms. The van der Waals surface area contributed by atoms with Crippen LogP contribution in [0.25, 0.3) is 11.5 Å². The lowest BCUT2D eigenvalue weighted by Crippen LogP contribution is -2.48. The number of morpholine rings is 1. The van der Waals surface area contributed by atoms with Crippen LogP contribution in [0, 0.1) is 0 Å². The highest BCUT2D eigenvalue weighted by Gasteiger charge is 2.26. The Morgan fingerprint density at radius 3 is 2.58 bits per heavy atom. The van der Waals surface area contributed by atoms with Gasteiger partial charge in [0, 0.05) is 23.7 Å². The zero-order chi connectivity index (χ0) is 17.1. The Labute approximate surface area is 149 Å². The minimum atomic E-state index is 0.0493. The SMILES string of the molecule is C[C@@H]1CN(C(=O)CSc2nnc(-c3ccc(Cl)cc3)o2)C[C@@H](C)O1. The third-order valence-electron chi connectivity index (χ3n) is 3.59. The van der Waals surface area contributed by atoms with Crippen LogP contribution in [0.5, 0.6) is 0 Å². The predicted molar refractivity (Wildman–Crippen MR) is 92.1 cm³/mol. The van der Waals surface area contributed by atoms with E-state index in [0.29, 0.717) is 29.2 Å². The fourth-order valence-electron chi connectivity index (χ4n) is 2.57. The largest absolute Gasteiger partial charge is 0.411 e. The van der Waals surface area contributed by atoms with E-state index in [1.54, 1.807) is 12.1 Å². The zero-order valence-electron chi connectivity index (χ0n) is 13.4. The van der Waals surface area contributed by atoms with Gasteiger partial charge in [0.2, 0.25) is 11.8 Å². The highest BCUT2D eigenvalue weighted by atomic mass is 35.5. The molecule has 1 aliphatic heterocycles. The number of thioether (sulfide) groups is 1. The fraction of sp³-hybridized carbons (Fsp3) is 0.438. The second-order valence-corrected chi connectivity index (χ2v) is 7.09. The van der Waals surface area contributed by atoms with Crippen molar-refractivity contribution in [1.29, 1.82) is 0 Å². The van der Waals surface area contributed by atoms with Crippen LogP contribution < -0.4 is 0 Å². The summed E-state index contributed by atoms with van der Waals surface area (Å²) in [6.45, 7) is 5.17. The molecule has 0 unspecified atom stereocenters. The van der Waals surface area contributed by atoms with Gasteiger partial charge in [0.25, 0.3) is 5.22 Å². The summed E-state index contributed by atoms with van der Waals surface area (Å²) in [5, 5.41) is 9.01. The van der Waals surface area contributed by atoms with Crippen LogP contribution in [-0.4, -0.2) is 52.1 Å². The van der Waals surface area contributed by atoms with Crippen LogP contribution in [0.3, 0.4) is 0 Å². The van der Waals surface area contributed by atoms with E-state index in [2.05, 4.69) is 10.2 Å². The maximum atomic E-state index is 12.3. The number of aromatic nitrogens is 2. The van der Waals surface area contributed by atoms with E-state index in [1.165, 1.54) is 11.8 Å². The average molecular weight is 368 g/mol. The second-order valence-electron chi connectivity index (χ2n) is 5.72. The molecule has 1 aromatic carbocycles. The summed E-state index contributed by atoms with van der Waals surface area (Å²) in [4.78, 5) is 14.1. The molecule has 0 saturated carbocycles. The number of nitrogens with zero attached hydrogens (tertiary/aromatic N) is 3. The lowest BCUT2D eigenvalue weighted by Gasteiger charge is -2.35. The highest BCUT2D eigenvalue weighted by Crippen LogP contribution is 2.24. The van der Waals surface area contributed by atoms with Gasteiger partial charge in [-0.05, 0) is 38.1 Å². The van der Waals surface area contributed by atoms with E-state index >= 15 is 0 Å². The van der Waals surface area contributed by atoms with Gasteiger partial charge >= 0.3 is 0 Å². The van der Waals surface area contributed by atoms with Gasteiger partial charge in [-0.15, -0.1) is 10.2 Å². The molecular formula is C16H18ClN3O3S. The number of ether oxygens (including phenoxy) is 1. The maximum absolute atomic E-state index is 12.3. The van der Waals surface area contributed by atoms with Crippen LogP contribution >= 0.6 is 23.4 Å². The lowest BCUT2D eigenvalue weighted by atomic mass is 10.2. The Hall–Kier alpha value is -1.57. The molecule has 1 amide bonds. The Balaban J connectivity index is 1.57. The molecule has 1 fully saturated rings. The number of carbonyl (C=O) groups excluding carboxylic acids is 1. The summed E-state index contributed by atoms with van der Waals surface area (Å²) < 4.78 is 11.2. The minimum absolute atomic E-state index is 0.0493. The molecule has 0 aliphatic carbocycles. The quantitative estimate of drug-likeness (QED) is 0.773. The number of rotatable bonds is 4. The van der Waals surface area contributed by atoms with Crippen LogP contribution in [0.15, 0.2) is 33.9 Å². The van der Waals surface area contributed by atoms with E-state index < -0.39 is 0 Å². The summed E-state index contributed by atoms with van der Waals surface area (Å²) in [6.07, 6.45) is 0.116. The standard InChI is InChI=1S/C16H18ClN3O3S/c1-10-7-20(8-11(2)22-10)14(21)9-24-16-19-18-15(23-16)12-3-5-13(17)6-4-12/h3-6,10-11H,7-9H2,1-2H3/t10-,11-/m1/s1. The third kappa shape index (κ3) is 4.28. The van der Waals surface area contributed by atoms with Crippen molar-refractivity contribution in [2.75, 3.05) is 18.8 Å². The molecule has 0 spiro atoms. The molecule has 0 N–H and O–H groups in total. The van der Waals surface area contributed by atoms with Gasteiger partial charge < -0.3 is 14.1 Å². The topological polar surface area (TPSA) is 68.5 Å². The van der Waals surface area contributed by atoms with Gasteiger partial charge in [-0.3, -0.25) is 4.79 Å². The third-order valence-corrected chi connectivity index (χ3v) is 4.64. The smallest absolute Gasteiger partial charge is 0.277 e. The van der Waals surface area contributed by atoms with Crippen LogP contribution in [0.1, 0.15) is 13.8 Å². The lowest BCUT2D eigenvalue weighted by molar-refractivity contribution is -0.140. The Kier molecular flexibility index (Phi) is 5.43. The van der Waals surface area contributed by atoms with Gasteiger partial charge in [-0.2, -0.15) is 0 Å². The highest BCUT2D eigenvalue weighted by molar-refractivity contribution is 7.99. The second kappa shape index (κ2) is 7.55. The first-order valence-corrected chi connectivity index (χ1v) is 9.03. The number of halogens is 1. The van der Waals surface area contributed by atoms with E-state index in [4.69, 9.17) is 20.8 Å². The molecule has 8 heteroatoms. The van der Waals surface area contributed by atoms with Crippen LogP contribution in [0.4, 0.5) is 0 Å². The van der Waals surface area contributed by atoms with E-state index in [-0.39, 0.29) is 23.9 Å². The van der Waals surface area contributed by atoms with Crippen molar-refractivity contribution in [2.45, 2.75) is 31.3 Å². The first kappa shape index (κ1) is 17.3. The molecule has 2 atom stereocenters. The van der Waals surface area contributed by atoms with Gasteiger partial charge in [-0.1, -0.05) is 23.4 Å². The molecule has 2 aromatic rings. The molecule has 1 aromatic heterocycles. The number of hydrogen-bond donors (Lipinski definition) is 0. The van der Waals surface area contributed by atoms with E-state index in [9.17, 15) is 4.79 Å². The number of carbonyl (C=O) groups is 1. The van der Waals surface area contributed by atoms with Crippen molar-refractivity contribution in [2.24, 2.45) is 0 Å². The molecule has 3 rings (SSSR count). The van der Waals surface area contributed by atoms with Crippen molar-refractivity contribution < 1.29 is 13.9 Å². The van der Waals surface area contributed by atoms with Crippen molar-refractivity contribution in [3.8, 4) is 11.5 Å². The molecule has 0 radical (unpaired) electrons. The number of benzene rings is 1. The minimum Gasteiger partial charge on any atom is -0.411 e. The first-order chi connectivity index (χ1) is 11.5. The summed E-state index contributed by atoms with van der Waals surface area (Å²) in [5.41, 5.74) is 0.793. The zero-order valence-corrected chi connectivity index (χ0v) is 15.0. The van der Waals surface area contributed by atoms with Crippen molar-refractivity contribution in [3.63, 3.8) is 0 Å².